The normalized spacial score (nSPS) is 12.2. The molecule has 0 aliphatic heterocycles. The first kappa shape index (κ1) is 7.81. The van der Waals surface area contributed by atoms with Gasteiger partial charge < -0.3 is 13.3 Å². The Morgan fingerprint density at radius 2 is 2.25 bits per heavy atom. The summed E-state index contributed by atoms with van der Waals surface area (Å²) in [5.74, 6) is 0. The highest BCUT2D eigenvalue weighted by atomic mass is 32.2. The van der Waals surface area contributed by atoms with Gasteiger partial charge in [0.1, 0.15) is 11.4 Å². The maximum absolute atomic E-state index is 9.76. The maximum atomic E-state index is 9.76. The lowest BCUT2D eigenvalue weighted by Crippen LogP contribution is -2.02. The summed E-state index contributed by atoms with van der Waals surface area (Å²) in [7, 11) is 1.54. The first-order chi connectivity index (χ1) is 3.66. The molecule has 0 N–H and O–H groups in total. The van der Waals surface area contributed by atoms with Crippen molar-refractivity contribution >= 4 is 27.0 Å². The van der Waals surface area contributed by atoms with E-state index in [9.17, 15) is 13.6 Å². The first-order valence-electron chi connectivity index (χ1n) is 1.35. The van der Waals surface area contributed by atoms with Crippen LogP contribution in [-0.4, -0.2) is 14.9 Å². The molecule has 0 heterocycles. The van der Waals surface area contributed by atoms with Crippen LogP contribution in [0.25, 0.3) is 0 Å². The van der Waals surface area contributed by atoms with Gasteiger partial charge in [0.05, 0.1) is 9.47 Å². The molecule has 0 spiro atoms. The number of rotatable bonds is 1. The number of carbonyl (C=O) groups is 1. The van der Waals surface area contributed by atoms with Crippen molar-refractivity contribution in [1.82, 2.24) is 0 Å². The van der Waals surface area contributed by atoms with E-state index in [1.807, 2.05) is 0 Å². The standard InChI is InChI=1S/CH3O5PS/c2-1(5-7)6-8(3)4/h7H2,(H,3,4)/p-1. The fraction of sp³-hybridized carbons (Fsp3) is 0. The Labute approximate surface area is 50.1 Å². The molecule has 0 amide bonds. The molecule has 2 atom stereocenters. The van der Waals surface area contributed by atoms with Crippen LogP contribution in [0.4, 0.5) is 4.79 Å². The zero-order valence-electron chi connectivity index (χ0n) is 3.53. The van der Waals surface area contributed by atoms with E-state index in [2.05, 4.69) is 8.71 Å². The monoisotopic (exact) mass is 157 g/mol. The van der Waals surface area contributed by atoms with E-state index in [4.69, 9.17) is 0 Å². The zero-order valence-corrected chi connectivity index (χ0v) is 5.50. The third-order valence-electron chi connectivity index (χ3n) is 0.232. The van der Waals surface area contributed by atoms with Crippen LogP contribution in [0, 0.1) is 0 Å². The minimum Gasteiger partial charge on any atom is -0.740 e. The van der Waals surface area contributed by atoms with Crippen LogP contribution < -0.4 is 0 Å². The van der Waals surface area contributed by atoms with E-state index in [1.54, 1.807) is 0 Å². The van der Waals surface area contributed by atoms with Crippen LogP contribution in [0.5, 0.6) is 0 Å². The second kappa shape index (κ2) is 3.77. The maximum Gasteiger partial charge on any atom is 0.524 e. The molecule has 0 aliphatic carbocycles. The molecular formula is CH2O5PS-. The first-order valence-corrected chi connectivity index (χ1v) is 2.82. The largest absolute Gasteiger partial charge is 0.740 e. The van der Waals surface area contributed by atoms with Crippen LogP contribution in [0.1, 0.15) is 0 Å². The van der Waals surface area contributed by atoms with Crippen LogP contribution in [-0.2, 0) is 20.1 Å². The summed E-state index contributed by atoms with van der Waals surface area (Å²) in [5, 5.41) is 0. The highest BCUT2D eigenvalue weighted by molar-refractivity contribution is 7.74. The number of hydrogen-bond donors (Lipinski definition) is 0. The van der Waals surface area contributed by atoms with E-state index in [1.165, 1.54) is 9.47 Å². The molecule has 48 valence electrons. The van der Waals surface area contributed by atoms with Crippen molar-refractivity contribution in [2.24, 2.45) is 0 Å². The molecule has 0 aromatic rings. The summed E-state index contributed by atoms with van der Waals surface area (Å²) >= 11 is -2.83. The van der Waals surface area contributed by atoms with Gasteiger partial charge in [-0.1, -0.05) is 0 Å². The smallest absolute Gasteiger partial charge is 0.524 e. The van der Waals surface area contributed by atoms with Crippen molar-refractivity contribution in [2.45, 2.75) is 0 Å². The lowest BCUT2D eigenvalue weighted by Gasteiger charge is -2.01. The van der Waals surface area contributed by atoms with Crippen molar-refractivity contribution < 1.29 is 22.3 Å². The molecule has 0 fully saturated rings. The Balaban J connectivity index is 3.40. The average Bonchev–Trinajstić information content (AvgIpc) is 1.65. The molecule has 7 heteroatoms. The van der Waals surface area contributed by atoms with Crippen LogP contribution in [0.3, 0.4) is 0 Å². The Kier molecular flexibility index (Phi) is 3.68. The molecule has 0 saturated carbocycles. The Morgan fingerprint density at radius 1 is 1.75 bits per heavy atom. The Morgan fingerprint density at radius 3 is 2.38 bits per heavy atom. The van der Waals surface area contributed by atoms with Gasteiger partial charge >= 0.3 is 6.16 Å². The van der Waals surface area contributed by atoms with Gasteiger partial charge in [-0.05, 0) is 0 Å². The van der Waals surface area contributed by atoms with Gasteiger partial charge in [-0.25, -0.2) is 9.00 Å². The second-order valence-electron chi connectivity index (χ2n) is 0.655. The SMILES string of the molecule is O=C(OP)OS(=O)[O-]. The average molecular weight is 157 g/mol. The second-order valence-corrected chi connectivity index (χ2v) is 1.47. The predicted octanol–water partition coefficient (Wildman–Crippen LogP) is -0.276. The van der Waals surface area contributed by atoms with Gasteiger partial charge in [-0.15, -0.1) is 0 Å². The van der Waals surface area contributed by atoms with Gasteiger partial charge in [0, 0.05) is 0 Å². The van der Waals surface area contributed by atoms with E-state index < -0.39 is 17.5 Å². The summed E-state index contributed by atoms with van der Waals surface area (Å²) in [5.41, 5.74) is 0. The molecule has 0 rings (SSSR count). The molecule has 8 heavy (non-hydrogen) atoms. The molecule has 5 nitrogen and oxygen atoms in total. The van der Waals surface area contributed by atoms with E-state index in [0.717, 1.165) is 0 Å². The summed E-state index contributed by atoms with van der Waals surface area (Å²) in [4.78, 5) is 9.76. The van der Waals surface area contributed by atoms with Crippen LogP contribution >= 0.6 is 9.47 Å². The molecule has 0 aromatic carbocycles. The fourth-order valence-electron chi connectivity index (χ4n) is 0.0752. The van der Waals surface area contributed by atoms with Gasteiger partial charge in [0.15, 0.2) is 0 Å². The van der Waals surface area contributed by atoms with Gasteiger partial charge in [0.25, 0.3) is 0 Å². The van der Waals surface area contributed by atoms with E-state index in [0.29, 0.717) is 0 Å². The van der Waals surface area contributed by atoms with Gasteiger partial charge in [0.2, 0.25) is 0 Å². The molecule has 0 aliphatic rings. The third kappa shape index (κ3) is 3.98. The highest BCUT2D eigenvalue weighted by Crippen LogP contribution is 1.91. The molecule has 0 bridgehead atoms. The lowest BCUT2D eigenvalue weighted by atomic mass is 11.5. The lowest BCUT2D eigenvalue weighted by molar-refractivity contribution is 0.160. The predicted molar refractivity (Wildman–Crippen MR) is 26.2 cm³/mol. The van der Waals surface area contributed by atoms with Crippen molar-refractivity contribution in [1.29, 1.82) is 0 Å². The van der Waals surface area contributed by atoms with Crippen molar-refractivity contribution in [3.05, 3.63) is 0 Å². The Hall–Kier alpha value is -0.190. The van der Waals surface area contributed by atoms with Gasteiger partial charge in [-0.2, -0.15) is 0 Å². The minimum absolute atomic E-state index is 1.27. The van der Waals surface area contributed by atoms with Crippen molar-refractivity contribution in [3.63, 3.8) is 0 Å². The van der Waals surface area contributed by atoms with E-state index in [-0.39, 0.29) is 0 Å². The highest BCUT2D eigenvalue weighted by Gasteiger charge is 1.97. The molecule has 0 saturated heterocycles. The Bertz CT molecular complexity index is 111. The summed E-state index contributed by atoms with van der Waals surface area (Å²) in [6.07, 6.45) is -1.27. The van der Waals surface area contributed by atoms with E-state index >= 15 is 0 Å². The summed E-state index contributed by atoms with van der Waals surface area (Å²) < 4.78 is 26.0. The van der Waals surface area contributed by atoms with Crippen LogP contribution in [0.15, 0.2) is 0 Å². The van der Waals surface area contributed by atoms with Crippen molar-refractivity contribution in [2.75, 3.05) is 0 Å². The molecule has 0 radical (unpaired) electrons. The van der Waals surface area contributed by atoms with Crippen molar-refractivity contribution in [3.8, 4) is 0 Å². The zero-order chi connectivity index (χ0) is 6.57. The third-order valence-corrected chi connectivity index (χ3v) is 0.697. The molecule has 0 aromatic heterocycles. The quantitative estimate of drug-likeness (QED) is 0.386. The van der Waals surface area contributed by atoms with Gasteiger partial charge in [-0.3, -0.25) is 0 Å². The molecule has 2 unspecified atom stereocenters. The van der Waals surface area contributed by atoms with Crippen LogP contribution in [0.2, 0.25) is 0 Å². The molecular weight excluding hydrogens is 155 g/mol. The fourth-order valence-corrected chi connectivity index (χ4v) is 0.343. The minimum atomic E-state index is -2.83. The number of carbonyl (C=O) groups excluding carboxylic acids is 1. The number of hydrogen-bond acceptors (Lipinski definition) is 5. The summed E-state index contributed by atoms with van der Waals surface area (Å²) in [6, 6.07) is 0. The summed E-state index contributed by atoms with van der Waals surface area (Å²) in [6.45, 7) is 0. The topological polar surface area (TPSA) is 75.7 Å².